The Morgan fingerprint density at radius 1 is 1.06 bits per heavy atom. The van der Waals surface area contributed by atoms with Crippen LogP contribution in [0.1, 0.15) is 57.2 Å². The third-order valence-corrected chi connectivity index (χ3v) is 8.40. The van der Waals surface area contributed by atoms with Gasteiger partial charge in [0.05, 0.1) is 17.3 Å². The molecule has 0 spiro atoms. The molecule has 168 valence electrons. The summed E-state index contributed by atoms with van der Waals surface area (Å²) in [6, 6.07) is 3.36. The molecular formula is C25H31N5O2. The molecule has 2 aromatic rings. The van der Waals surface area contributed by atoms with E-state index in [1.807, 2.05) is 34.7 Å². The molecule has 5 aliphatic rings. The first-order valence-electron chi connectivity index (χ1n) is 12.1. The first-order valence-corrected chi connectivity index (χ1v) is 12.1. The number of nitrogens with zero attached hydrogens (tertiary/aromatic N) is 4. The minimum absolute atomic E-state index is 0.0889. The van der Waals surface area contributed by atoms with Crippen molar-refractivity contribution in [1.29, 1.82) is 0 Å². The summed E-state index contributed by atoms with van der Waals surface area (Å²) < 4.78 is 1.90. The summed E-state index contributed by atoms with van der Waals surface area (Å²) in [6.45, 7) is 2.63. The van der Waals surface area contributed by atoms with Gasteiger partial charge in [0.1, 0.15) is 17.7 Å². The van der Waals surface area contributed by atoms with E-state index in [1.165, 1.54) is 19.3 Å². The number of rotatable bonds is 4. The van der Waals surface area contributed by atoms with Crippen LogP contribution in [0.25, 0.3) is 5.82 Å². The second-order valence-electron chi connectivity index (χ2n) is 10.6. The van der Waals surface area contributed by atoms with Crippen LogP contribution in [0.3, 0.4) is 0 Å². The minimum atomic E-state index is -0.369. The highest BCUT2D eigenvalue weighted by atomic mass is 16.2. The van der Waals surface area contributed by atoms with Crippen LogP contribution in [0, 0.1) is 30.1 Å². The highest BCUT2D eigenvalue weighted by Gasteiger charge is 2.56. The number of carbonyl (C=O) groups excluding carboxylic acids is 2. The highest BCUT2D eigenvalue weighted by molar-refractivity contribution is 5.98. The van der Waals surface area contributed by atoms with Gasteiger partial charge >= 0.3 is 0 Å². The van der Waals surface area contributed by atoms with Gasteiger partial charge in [-0.3, -0.25) is 14.2 Å². The van der Waals surface area contributed by atoms with E-state index in [1.54, 1.807) is 12.4 Å². The van der Waals surface area contributed by atoms with Gasteiger partial charge in [0.25, 0.3) is 0 Å². The lowest BCUT2D eigenvalue weighted by molar-refractivity contribution is -0.160. The Morgan fingerprint density at radius 2 is 1.78 bits per heavy atom. The lowest BCUT2D eigenvalue weighted by Crippen LogP contribution is -2.56. The number of anilines is 1. The molecular weight excluding hydrogens is 402 g/mol. The van der Waals surface area contributed by atoms with Crippen molar-refractivity contribution < 1.29 is 9.59 Å². The summed E-state index contributed by atoms with van der Waals surface area (Å²) in [6.07, 6.45) is 14.0. The summed E-state index contributed by atoms with van der Waals surface area (Å²) in [7, 11) is 0. The molecule has 3 heterocycles. The Morgan fingerprint density at radius 3 is 2.38 bits per heavy atom. The fourth-order valence-electron chi connectivity index (χ4n) is 7.41. The molecule has 4 bridgehead atoms. The number of hydrogen-bond acceptors (Lipinski definition) is 4. The molecule has 4 aliphatic carbocycles. The van der Waals surface area contributed by atoms with Gasteiger partial charge in [-0.25, -0.2) is 9.97 Å². The number of carbonyl (C=O) groups is 2. The maximum Gasteiger partial charge on any atom is 0.247 e. The SMILES string of the molecule is Cc1nccn1-c1ccc(NC(=O)C2CCCN2C(=O)C23CC4CC(CC(C4)C2)C3)cn1. The molecule has 1 saturated heterocycles. The number of aryl methyl sites for hydroxylation is 1. The van der Waals surface area contributed by atoms with Crippen LogP contribution < -0.4 is 5.32 Å². The van der Waals surface area contributed by atoms with Gasteiger partial charge in [-0.2, -0.15) is 0 Å². The smallest absolute Gasteiger partial charge is 0.247 e. The van der Waals surface area contributed by atoms with Crippen LogP contribution in [-0.4, -0.2) is 43.8 Å². The topological polar surface area (TPSA) is 80.1 Å². The van der Waals surface area contributed by atoms with Gasteiger partial charge in [-0.15, -0.1) is 0 Å². The number of amides is 2. The molecule has 32 heavy (non-hydrogen) atoms. The summed E-state index contributed by atoms with van der Waals surface area (Å²) >= 11 is 0. The second-order valence-corrected chi connectivity index (χ2v) is 10.6. The number of nitrogens with one attached hydrogen (secondary N) is 1. The largest absolute Gasteiger partial charge is 0.330 e. The van der Waals surface area contributed by atoms with E-state index in [-0.39, 0.29) is 23.3 Å². The Bertz CT molecular complexity index is 1010. The van der Waals surface area contributed by atoms with Crippen molar-refractivity contribution in [3.63, 3.8) is 0 Å². The fraction of sp³-hybridized carbons (Fsp3) is 0.600. The molecule has 1 N–H and O–H groups in total. The minimum Gasteiger partial charge on any atom is -0.330 e. The van der Waals surface area contributed by atoms with E-state index in [2.05, 4.69) is 15.3 Å². The van der Waals surface area contributed by atoms with Crippen molar-refractivity contribution in [1.82, 2.24) is 19.4 Å². The number of likely N-dealkylation sites (tertiary alicyclic amines) is 1. The third-order valence-electron chi connectivity index (χ3n) is 8.40. The highest BCUT2D eigenvalue weighted by Crippen LogP contribution is 2.60. The zero-order chi connectivity index (χ0) is 21.9. The van der Waals surface area contributed by atoms with E-state index in [0.717, 1.165) is 61.5 Å². The molecule has 1 aliphatic heterocycles. The van der Waals surface area contributed by atoms with Gasteiger partial charge in [-0.1, -0.05) is 0 Å². The van der Waals surface area contributed by atoms with Crippen molar-refractivity contribution in [2.24, 2.45) is 23.2 Å². The predicted octanol–water partition coefficient (Wildman–Crippen LogP) is 3.72. The maximum absolute atomic E-state index is 13.8. The molecule has 2 aromatic heterocycles. The van der Waals surface area contributed by atoms with Gasteiger partial charge in [0, 0.05) is 18.9 Å². The summed E-state index contributed by atoms with van der Waals surface area (Å²) in [4.78, 5) is 37.6. The number of hydrogen-bond donors (Lipinski definition) is 1. The molecule has 4 saturated carbocycles. The Kier molecular flexibility index (Phi) is 4.63. The molecule has 2 amide bonds. The number of pyridine rings is 1. The standard InChI is InChI=1S/C25H31N5O2/c1-16-26-6-8-29(16)22-5-4-20(15-27-22)28-23(31)21-3-2-7-30(21)24(32)25-12-17-9-18(13-25)11-19(10-17)14-25/h4-6,8,15,17-19,21H,2-3,7,9-14H2,1H3,(H,28,31). The number of imidazole rings is 1. The normalized spacial score (nSPS) is 33.0. The van der Waals surface area contributed by atoms with Gasteiger partial charge in [-0.05, 0) is 88.2 Å². The monoisotopic (exact) mass is 433 g/mol. The summed E-state index contributed by atoms with van der Waals surface area (Å²) in [5.41, 5.74) is 0.467. The maximum atomic E-state index is 13.8. The first kappa shape index (κ1) is 19.9. The summed E-state index contributed by atoms with van der Waals surface area (Å²) in [5.74, 6) is 3.97. The molecule has 0 aromatic carbocycles. The lowest BCUT2D eigenvalue weighted by atomic mass is 9.49. The molecule has 0 radical (unpaired) electrons. The van der Waals surface area contributed by atoms with Crippen molar-refractivity contribution >= 4 is 17.5 Å². The average Bonchev–Trinajstić information content (AvgIpc) is 3.42. The molecule has 7 rings (SSSR count). The first-order chi connectivity index (χ1) is 15.5. The fourth-order valence-corrected chi connectivity index (χ4v) is 7.41. The van der Waals surface area contributed by atoms with E-state index >= 15 is 0 Å². The van der Waals surface area contributed by atoms with Crippen molar-refractivity contribution in [2.75, 3.05) is 11.9 Å². The molecule has 5 fully saturated rings. The van der Waals surface area contributed by atoms with Gasteiger partial charge in [0.2, 0.25) is 11.8 Å². The van der Waals surface area contributed by atoms with E-state index in [9.17, 15) is 9.59 Å². The van der Waals surface area contributed by atoms with Crippen LogP contribution >= 0.6 is 0 Å². The van der Waals surface area contributed by atoms with Crippen LogP contribution in [-0.2, 0) is 9.59 Å². The van der Waals surface area contributed by atoms with Gasteiger partial charge < -0.3 is 10.2 Å². The van der Waals surface area contributed by atoms with Crippen molar-refractivity contribution in [2.45, 2.75) is 64.3 Å². The lowest BCUT2D eigenvalue weighted by Gasteiger charge is -2.56. The zero-order valence-electron chi connectivity index (χ0n) is 18.7. The van der Waals surface area contributed by atoms with E-state index in [4.69, 9.17) is 0 Å². The predicted molar refractivity (Wildman–Crippen MR) is 120 cm³/mol. The Balaban J connectivity index is 1.16. The third kappa shape index (κ3) is 3.24. The average molecular weight is 434 g/mol. The van der Waals surface area contributed by atoms with Crippen molar-refractivity contribution in [3.05, 3.63) is 36.5 Å². The summed E-state index contributed by atoms with van der Waals surface area (Å²) in [5, 5.41) is 3.01. The van der Waals surface area contributed by atoms with Crippen LogP contribution in [0.15, 0.2) is 30.7 Å². The molecule has 7 nitrogen and oxygen atoms in total. The molecule has 1 atom stereocenters. The van der Waals surface area contributed by atoms with Crippen LogP contribution in [0.2, 0.25) is 0 Å². The Hall–Kier alpha value is -2.70. The zero-order valence-corrected chi connectivity index (χ0v) is 18.7. The second kappa shape index (κ2) is 7.42. The Labute approximate surface area is 188 Å². The van der Waals surface area contributed by atoms with E-state index in [0.29, 0.717) is 12.2 Å². The van der Waals surface area contributed by atoms with Gasteiger partial charge in [0.15, 0.2) is 0 Å². The quantitative estimate of drug-likeness (QED) is 0.797. The van der Waals surface area contributed by atoms with E-state index < -0.39 is 0 Å². The number of aromatic nitrogens is 3. The molecule has 1 unspecified atom stereocenters. The van der Waals surface area contributed by atoms with Crippen LogP contribution in [0.5, 0.6) is 0 Å². The molecule has 7 heteroatoms. The van der Waals surface area contributed by atoms with Crippen LogP contribution in [0.4, 0.5) is 5.69 Å². The van der Waals surface area contributed by atoms with Crippen molar-refractivity contribution in [3.8, 4) is 5.82 Å².